The standard InChI is InChI=1S/C12H19N5O2/c1-15(5-3-10-7-14-16(2)8-10)11(18)9-17-6-4-13-12(17)19/h7-8H,3-6,9H2,1-2H3,(H,13,19). The van der Waals surface area contributed by atoms with Crippen LogP contribution in [0, 0.1) is 0 Å². The molecule has 0 bridgehead atoms. The summed E-state index contributed by atoms with van der Waals surface area (Å²) < 4.78 is 1.74. The number of amides is 3. The van der Waals surface area contributed by atoms with Crippen LogP contribution in [0.15, 0.2) is 12.4 Å². The third kappa shape index (κ3) is 3.46. The van der Waals surface area contributed by atoms with E-state index in [1.54, 1.807) is 22.8 Å². The van der Waals surface area contributed by atoms with Gasteiger partial charge >= 0.3 is 6.03 Å². The topological polar surface area (TPSA) is 70.5 Å². The SMILES string of the molecule is CN(CCc1cnn(C)c1)C(=O)CN1CCNC1=O. The summed E-state index contributed by atoms with van der Waals surface area (Å²) in [5.41, 5.74) is 1.10. The molecule has 2 heterocycles. The second kappa shape index (κ2) is 5.73. The lowest BCUT2D eigenvalue weighted by atomic mass is 10.2. The number of urea groups is 1. The van der Waals surface area contributed by atoms with Crippen LogP contribution in [0.3, 0.4) is 0 Å². The Bertz CT molecular complexity index is 470. The first-order valence-electron chi connectivity index (χ1n) is 6.30. The number of hydrogen-bond donors (Lipinski definition) is 1. The summed E-state index contributed by atoms with van der Waals surface area (Å²) in [6.45, 7) is 1.99. The number of rotatable bonds is 5. The number of likely N-dealkylation sites (N-methyl/N-ethyl adjacent to an activating group) is 1. The van der Waals surface area contributed by atoms with E-state index in [0.29, 0.717) is 19.6 Å². The van der Waals surface area contributed by atoms with Crippen molar-refractivity contribution in [2.45, 2.75) is 6.42 Å². The lowest BCUT2D eigenvalue weighted by molar-refractivity contribution is -0.130. The Balaban J connectivity index is 1.77. The van der Waals surface area contributed by atoms with Crippen LogP contribution in [0.5, 0.6) is 0 Å². The molecule has 1 saturated heterocycles. The average molecular weight is 265 g/mol. The maximum Gasteiger partial charge on any atom is 0.317 e. The normalized spacial score (nSPS) is 14.6. The van der Waals surface area contributed by atoms with E-state index in [1.807, 2.05) is 13.2 Å². The van der Waals surface area contributed by atoms with E-state index in [0.717, 1.165) is 12.0 Å². The highest BCUT2D eigenvalue weighted by Crippen LogP contribution is 2.01. The van der Waals surface area contributed by atoms with Crippen LogP contribution >= 0.6 is 0 Å². The van der Waals surface area contributed by atoms with Gasteiger partial charge in [0.1, 0.15) is 6.54 Å². The molecule has 0 aromatic carbocycles. The van der Waals surface area contributed by atoms with Crippen molar-refractivity contribution in [3.63, 3.8) is 0 Å². The molecule has 1 aliphatic rings. The van der Waals surface area contributed by atoms with Crippen molar-refractivity contribution in [1.29, 1.82) is 0 Å². The van der Waals surface area contributed by atoms with Crippen molar-refractivity contribution < 1.29 is 9.59 Å². The van der Waals surface area contributed by atoms with Gasteiger partial charge < -0.3 is 15.1 Å². The Morgan fingerprint density at radius 3 is 2.95 bits per heavy atom. The molecule has 0 radical (unpaired) electrons. The molecule has 0 unspecified atom stereocenters. The third-order valence-electron chi connectivity index (χ3n) is 3.19. The maximum atomic E-state index is 12.0. The molecule has 2 rings (SSSR count). The van der Waals surface area contributed by atoms with Gasteiger partial charge in [-0.05, 0) is 12.0 Å². The summed E-state index contributed by atoms with van der Waals surface area (Å²) in [6, 6.07) is -0.158. The molecule has 19 heavy (non-hydrogen) atoms. The Labute approximate surface area is 112 Å². The second-order valence-electron chi connectivity index (χ2n) is 4.74. The van der Waals surface area contributed by atoms with E-state index in [4.69, 9.17) is 0 Å². The van der Waals surface area contributed by atoms with E-state index in [9.17, 15) is 9.59 Å². The first-order valence-corrected chi connectivity index (χ1v) is 6.30. The predicted octanol–water partition coefficient (Wildman–Crippen LogP) is -0.554. The predicted molar refractivity (Wildman–Crippen MR) is 69.5 cm³/mol. The van der Waals surface area contributed by atoms with Crippen molar-refractivity contribution in [3.8, 4) is 0 Å². The lowest BCUT2D eigenvalue weighted by Gasteiger charge is -2.20. The molecule has 0 atom stereocenters. The molecule has 3 amide bonds. The fourth-order valence-electron chi connectivity index (χ4n) is 1.97. The van der Waals surface area contributed by atoms with Gasteiger partial charge in [0.2, 0.25) is 5.91 Å². The molecule has 1 aliphatic heterocycles. The summed E-state index contributed by atoms with van der Waals surface area (Å²) in [5.74, 6) is -0.0408. The molecule has 0 spiro atoms. The van der Waals surface area contributed by atoms with Crippen molar-refractivity contribution in [2.24, 2.45) is 7.05 Å². The van der Waals surface area contributed by atoms with Crippen LogP contribution in [0.25, 0.3) is 0 Å². The van der Waals surface area contributed by atoms with Crippen molar-refractivity contribution in [1.82, 2.24) is 24.9 Å². The second-order valence-corrected chi connectivity index (χ2v) is 4.74. The molecular weight excluding hydrogens is 246 g/mol. The first kappa shape index (κ1) is 13.4. The highest BCUT2D eigenvalue weighted by atomic mass is 16.2. The molecule has 1 N–H and O–H groups in total. The molecule has 1 fully saturated rings. The fraction of sp³-hybridized carbons (Fsp3) is 0.583. The number of hydrogen-bond acceptors (Lipinski definition) is 3. The largest absolute Gasteiger partial charge is 0.344 e. The molecule has 104 valence electrons. The minimum atomic E-state index is -0.158. The van der Waals surface area contributed by atoms with E-state index in [-0.39, 0.29) is 18.5 Å². The van der Waals surface area contributed by atoms with E-state index < -0.39 is 0 Å². The highest BCUT2D eigenvalue weighted by molar-refractivity contribution is 5.84. The summed E-state index contributed by atoms with van der Waals surface area (Å²) >= 11 is 0. The van der Waals surface area contributed by atoms with Crippen LogP contribution in [0.2, 0.25) is 0 Å². The molecule has 0 saturated carbocycles. The number of carbonyl (C=O) groups is 2. The number of carbonyl (C=O) groups excluding carboxylic acids is 2. The van der Waals surface area contributed by atoms with Gasteiger partial charge in [-0.25, -0.2) is 4.79 Å². The van der Waals surface area contributed by atoms with Gasteiger partial charge in [0.15, 0.2) is 0 Å². The minimum absolute atomic E-state index is 0.0408. The van der Waals surface area contributed by atoms with Crippen LogP contribution < -0.4 is 5.32 Å². The molecule has 0 aliphatic carbocycles. The summed E-state index contributed by atoms with van der Waals surface area (Å²) in [4.78, 5) is 26.5. The highest BCUT2D eigenvalue weighted by Gasteiger charge is 2.23. The summed E-state index contributed by atoms with van der Waals surface area (Å²) in [5, 5.41) is 6.76. The summed E-state index contributed by atoms with van der Waals surface area (Å²) in [7, 11) is 3.62. The zero-order valence-corrected chi connectivity index (χ0v) is 11.3. The van der Waals surface area contributed by atoms with Gasteiger partial charge in [-0.1, -0.05) is 0 Å². The minimum Gasteiger partial charge on any atom is -0.344 e. The monoisotopic (exact) mass is 265 g/mol. The van der Waals surface area contributed by atoms with Gasteiger partial charge in [-0.2, -0.15) is 5.10 Å². The Hall–Kier alpha value is -2.05. The van der Waals surface area contributed by atoms with Gasteiger partial charge in [0.05, 0.1) is 6.20 Å². The fourth-order valence-corrected chi connectivity index (χ4v) is 1.97. The zero-order valence-electron chi connectivity index (χ0n) is 11.3. The van der Waals surface area contributed by atoms with Crippen LogP contribution in [0.4, 0.5) is 4.79 Å². The third-order valence-corrected chi connectivity index (χ3v) is 3.19. The number of nitrogens with one attached hydrogen (secondary N) is 1. The van der Waals surface area contributed by atoms with Crippen LogP contribution in [-0.4, -0.2) is 64.7 Å². The van der Waals surface area contributed by atoms with Gasteiger partial charge in [0, 0.05) is 39.9 Å². The first-order chi connectivity index (χ1) is 9.06. The lowest BCUT2D eigenvalue weighted by Crippen LogP contribution is -2.40. The van der Waals surface area contributed by atoms with E-state index in [2.05, 4.69) is 10.4 Å². The van der Waals surface area contributed by atoms with Crippen LogP contribution in [-0.2, 0) is 18.3 Å². The van der Waals surface area contributed by atoms with Crippen molar-refractivity contribution in [3.05, 3.63) is 18.0 Å². The average Bonchev–Trinajstić information content (AvgIpc) is 2.96. The Kier molecular flexibility index (Phi) is 4.03. The summed E-state index contributed by atoms with van der Waals surface area (Å²) in [6.07, 6.45) is 4.50. The van der Waals surface area contributed by atoms with E-state index >= 15 is 0 Å². The molecular formula is C12H19N5O2. The van der Waals surface area contributed by atoms with Crippen LogP contribution in [0.1, 0.15) is 5.56 Å². The molecule has 7 nitrogen and oxygen atoms in total. The smallest absolute Gasteiger partial charge is 0.317 e. The Morgan fingerprint density at radius 1 is 1.58 bits per heavy atom. The van der Waals surface area contributed by atoms with E-state index in [1.165, 1.54) is 4.90 Å². The van der Waals surface area contributed by atoms with Crippen molar-refractivity contribution >= 4 is 11.9 Å². The van der Waals surface area contributed by atoms with Crippen molar-refractivity contribution in [2.75, 3.05) is 33.2 Å². The Morgan fingerprint density at radius 2 is 2.37 bits per heavy atom. The molecule has 1 aromatic rings. The van der Waals surface area contributed by atoms with Gasteiger partial charge in [-0.15, -0.1) is 0 Å². The number of aromatic nitrogens is 2. The quantitative estimate of drug-likeness (QED) is 0.776. The number of nitrogens with zero attached hydrogens (tertiary/aromatic N) is 4. The molecule has 1 aromatic heterocycles. The molecule has 7 heteroatoms. The van der Waals surface area contributed by atoms with Gasteiger partial charge in [-0.3, -0.25) is 9.48 Å². The maximum absolute atomic E-state index is 12.0. The van der Waals surface area contributed by atoms with Gasteiger partial charge in [0.25, 0.3) is 0 Å². The zero-order chi connectivity index (χ0) is 13.8. The number of aryl methyl sites for hydroxylation is 1.